The first-order valence-corrected chi connectivity index (χ1v) is 10.2. The van der Waals surface area contributed by atoms with E-state index in [2.05, 4.69) is 4.98 Å². The number of carbonyl (C=O) groups is 1. The molecule has 0 unspecified atom stereocenters. The van der Waals surface area contributed by atoms with Gasteiger partial charge in [-0.05, 0) is 23.8 Å². The Morgan fingerprint density at radius 2 is 1.85 bits per heavy atom. The second kappa shape index (κ2) is 6.28. The van der Waals surface area contributed by atoms with Crippen molar-refractivity contribution in [1.82, 2.24) is 4.98 Å². The Kier molecular flexibility index (Phi) is 3.87. The lowest BCUT2D eigenvalue weighted by Crippen LogP contribution is -2.37. The monoisotopic (exact) mass is 397 g/mol. The number of methoxy groups -OCH3 is 1. The van der Waals surface area contributed by atoms with Crippen LogP contribution in [0.4, 0.5) is 0 Å². The number of aromatic nitrogens is 1. The fourth-order valence-corrected chi connectivity index (χ4v) is 6.41. The van der Waals surface area contributed by atoms with Crippen LogP contribution in [0.3, 0.4) is 0 Å². The zero-order valence-corrected chi connectivity index (χ0v) is 15.9. The van der Waals surface area contributed by atoms with Gasteiger partial charge in [-0.25, -0.2) is 0 Å². The molecule has 0 amide bonds. The maximum Gasteiger partial charge on any atom is 0.316 e. The largest absolute Gasteiger partial charge is 0.497 e. The summed E-state index contributed by atoms with van der Waals surface area (Å²) < 4.78 is 10.9. The molecule has 2 aliphatic heterocycles. The van der Waals surface area contributed by atoms with Crippen molar-refractivity contribution in [2.75, 3.05) is 7.11 Å². The first-order valence-electron chi connectivity index (χ1n) is 8.50. The van der Waals surface area contributed by atoms with Gasteiger partial charge in [-0.3, -0.25) is 9.59 Å². The molecule has 27 heavy (non-hydrogen) atoms. The third-order valence-electron chi connectivity index (χ3n) is 5.04. The summed E-state index contributed by atoms with van der Waals surface area (Å²) in [4.78, 5) is 28.8. The zero-order valence-electron chi connectivity index (χ0n) is 14.3. The molecule has 136 valence electrons. The number of nitrogens with one attached hydrogen (secondary N) is 1. The number of carbonyl (C=O) groups excluding carboxylic acids is 1. The van der Waals surface area contributed by atoms with Crippen molar-refractivity contribution in [3.63, 3.8) is 0 Å². The molecule has 0 aliphatic carbocycles. The molecular weight excluding hydrogens is 382 g/mol. The molecule has 5 rings (SSSR count). The number of rotatable bonds is 2. The van der Waals surface area contributed by atoms with E-state index in [-0.39, 0.29) is 22.0 Å². The maximum atomic E-state index is 13.0. The number of H-pyrrole nitrogens is 1. The van der Waals surface area contributed by atoms with Crippen LogP contribution in [-0.2, 0) is 4.79 Å². The van der Waals surface area contributed by atoms with E-state index in [4.69, 9.17) is 9.47 Å². The SMILES string of the molecule is COc1ccc([C@H]2Sc3[nH]c(=O)sc3[C@@H]3c4ccccc4OC(=O)[C@H]32)cc1. The van der Waals surface area contributed by atoms with Gasteiger partial charge in [0.25, 0.3) is 0 Å². The van der Waals surface area contributed by atoms with E-state index in [1.165, 1.54) is 23.1 Å². The van der Waals surface area contributed by atoms with Gasteiger partial charge >= 0.3 is 10.8 Å². The summed E-state index contributed by atoms with van der Waals surface area (Å²) in [5, 5.41) is 0.691. The van der Waals surface area contributed by atoms with Crippen LogP contribution in [0.5, 0.6) is 11.5 Å². The number of thiazole rings is 1. The van der Waals surface area contributed by atoms with Crippen LogP contribution >= 0.6 is 23.1 Å². The van der Waals surface area contributed by atoms with E-state index in [0.29, 0.717) is 5.75 Å². The molecule has 2 aromatic carbocycles. The molecular formula is C20H15NO4S2. The van der Waals surface area contributed by atoms with Crippen LogP contribution in [0.1, 0.15) is 27.2 Å². The zero-order chi connectivity index (χ0) is 18.5. The summed E-state index contributed by atoms with van der Waals surface area (Å²) in [6, 6.07) is 15.3. The summed E-state index contributed by atoms with van der Waals surface area (Å²) in [6.07, 6.45) is 0. The number of esters is 1. The normalized spacial score (nSPS) is 23.0. The summed E-state index contributed by atoms with van der Waals surface area (Å²) in [5.41, 5.74) is 1.96. The lowest BCUT2D eigenvalue weighted by atomic mass is 9.78. The Morgan fingerprint density at radius 3 is 2.63 bits per heavy atom. The average molecular weight is 397 g/mol. The molecule has 5 nitrogen and oxygen atoms in total. The predicted octanol–water partition coefficient (Wildman–Crippen LogP) is 3.96. The minimum atomic E-state index is -0.391. The Hall–Kier alpha value is -2.51. The number of benzene rings is 2. The average Bonchev–Trinajstić information content (AvgIpc) is 3.07. The second-order valence-electron chi connectivity index (χ2n) is 6.48. The molecule has 0 radical (unpaired) electrons. The third kappa shape index (κ3) is 2.61. The number of aromatic amines is 1. The first kappa shape index (κ1) is 16.6. The second-order valence-corrected chi connectivity index (χ2v) is 8.65. The Labute approximate surface area is 163 Å². The standard InChI is InChI=1S/C20H15NO4S2/c1-24-11-8-6-10(7-9-11)16-15-14(17-18(26-16)21-20(23)27-17)12-4-2-3-5-13(12)25-19(15)22/h2-9,14-16H,1H3,(H,21,23)/t14-,15-,16-/m1/s1. The molecule has 0 saturated heterocycles. The summed E-state index contributed by atoms with van der Waals surface area (Å²) in [7, 11) is 1.62. The minimum Gasteiger partial charge on any atom is -0.497 e. The molecule has 3 heterocycles. The van der Waals surface area contributed by atoms with E-state index < -0.39 is 5.92 Å². The number of para-hydroxylation sites is 1. The van der Waals surface area contributed by atoms with Crippen LogP contribution in [0, 0.1) is 5.92 Å². The van der Waals surface area contributed by atoms with Gasteiger partial charge in [-0.1, -0.05) is 53.4 Å². The topological polar surface area (TPSA) is 68.4 Å². The van der Waals surface area contributed by atoms with Gasteiger partial charge in [-0.2, -0.15) is 0 Å². The predicted molar refractivity (Wildman–Crippen MR) is 104 cm³/mol. The number of fused-ring (bicyclic) bond motifs is 5. The highest BCUT2D eigenvalue weighted by Crippen LogP contribution is 2.58. The molecule has 7 heteroatoms. The summed E-state index contributed by atoms with van der Waals surface area (Å²) in [6.45, 7) is 0. The Balaban J connectivity index is 1.69. The lowest BCUT2D eigenvalue weighted by Gasteiger charge is -2.39. The fourth-order valence-electron chi connectivity index (χ4n) is 3.83. The van der Waals surface area contributed by atoms with Crippen LogP contribution in [-0.4, -0.2) is 18.1 Å². The minimum absolute atomic E-state index is 0.0990. The van der Waals surface area contributed by atoms with Crippen molar-refractivity contribution in [1.29, 1.82) is 0 Å². The molecule has 2 aliphatic rings. The van der Waals surface area contributed by atoms with Crippen LogP contribution in [0.2, 0.25) is 0 Å². The molecule has 3 aromatic rings. The van der Waals surface area contributed by atoms with Crippen molar-refractivity contribution < 1.29 is 14.3 Å². The van der Waals surface area contributed by atoms with Gasteiger partial charge < -0.3 is 14.5 Å². The number of ether oxygens (including phenoxy) is 2. The van der Waals surface area contributed by atoms with Gasteiger partial charge in [0.2, 0.25) is 0 Å². The molecule has 0 spiro atoms. The Bertz CT molecular complexity index is 1090. The smallest absolute Gasteiger partial charge is 0.316 e. The molecule has 0 fully saturated rings. The lowest BCUT2D eigenvalue weighted by molar-refractivity contribution is -0.140. The summed E-state index contributed by atoms with van der Waals surface area (Å²) in [5.74, 6) is 0.513. The maximum absolute atomic E-state index is 13.0. The van der Waals surface area contributed by atoms with E-state index >= 15 is 0 Å². The summed E-state index contributed by atoms with van der Waals surface area (Å²) >= 11 is 2.71. The third-order valence-corrected chi connectivity index (χ3v) is 7.51. The van der Waals surface area contributed by atoms with Crippen molar-refractivity contribution in [2.24, 2.45) is 5.92 Å². The van der Waals surface area contributed by atoms with Gasteiger partial charge in [0.15, 0.2) is 0 Å². The van der Waals surface area contributed by atoms with E-state index in [0.717, 1.165) is 26.8 Å². The quantitative estimate of drug-likeness (QED) is 0.524. The number of hydrogen-bond acceptors (Lipinski definition) is 6. The van der Waals surface area contributed by atoms with Crippen LogP contribution in [0.15, 0.2) is 58.4 Å². The van der Waals surface area contributed by atoms with Gasteiger partial charge in [0.05, 0.1) is 23.3 Å². The highest BCUT2D eigenvalue weighted by Gasteiger charge is 2.49. The first-order chi connectivity index (χ1) is 13.2. The fraction of sp³-hybridized carbons (Fsp3) is 0.200. The van der Waals surface area contributed by atoms with Gasteiger partial charge in [-0.15, -0.1) is 0 Å². The Morgan fingerprint density at radius 1 is 1.07 bits per heavy atom. The van der Waals surface area contributed by atoms with E-state index in [9.17, 15) is 9.59 Å². The van der Waals surface area contributed by atoms with Crippen LogP contribution in [0.25, 0.3) is 0 Å². The molecule has 0 bridgehead atoms. The van der Waals surface area contributed by atoms with Crippen molar-refractivity contribution >= 4 is 29.1 Å². The van der Waals surface area contributed by atoms with E-state index in [1.54, 1.807) is 7.11 Å². The van der Waals surface area contributed by atoms with Crippen molar-refractivity contribution in [3.05, 3.63) is 74.2 Å². The number of hydrogen-bond donors (Lipinski definition) is 1. The van der Waals surface area contributed by atoms with Crippen LogP contribution < -0.4 is 14.3 Å². The van der Waals surface area contributed by atoms with E-state index in [1.807, 2.05) is 48.5 Å². The highest BCUT2D eigenvalue weighted by atomic mass is 32.2. The van der Waals surface area contributed by atoms with Gasteiger partial charge in [0, 0.05) is 16.4 Å². The molecule has 1 aromatic heterocycles. The number of thioether (sulfide) groups is 1. The molecule has 3 atom stereocenters. The highest BCUT2D eigenvalue weighted by molar-refractivity contribution is 7.99. The van der Waals surface area contributed by atoms with Crippen molar-refractivity contribution in [3.8, 4) is 11.5 Å². The molecule has 0 saturated carbocycles. The van der Waals surface area contributed by atoms with Crippen molar-refractivity contribution in [2.45, 2.75) is 16.2 Å². The molecule has 1 N–H and O–H groups in total. The van der Waals surface area contributed by atoms with Gasteiger partial charge in [0.1, 0.15) is 11.5 Å².